The fourth-order valence-electron chi connectivity index (χ4n) is 3.20. The van der Waals surface area contributed by atoms with Crippen LogP contribution in [-0.2, 0) is 0 Å². The molecule has 2 rings (SSSR count). The Hall–Kier alpha value is -0.120. The number of hydrogen-bond acceptors (Lipinski definition) is 3. The molecule has 16 heavy (non-hydrogen) atoms. The average molecular weight is 225 g/mol. The van der Waals surface area contributed by atoms with Crippen molar-refractivity contribution in [1.82, 2.24) is 15.1 Å². The molecular formula is C13H27N3. The van der Waals surface area contributed by atoms with Gasteiger partial charge in [0.1, 0.15) is 0 Å². The smallest absolute Gasteiger partial charge is 0.0195 e. The maximum atomic E-state index is 3.55. The molecule has 3 unspecified atom stereocenters. The fourth-order valence-corrected chi connectivity index (χ4v) is 3.20. The van der Waals surface area contributed by atoms with E-state index in [2.05, 4.69) is 35.9 Å². The van der Waals surface area contributed by atoms with Gasteiger partial charge in [-0.1, -0.05) is 6.92 Å². The number of rotatable bonds is 3. The summed E-state index contributed by atoms with van der Waals surface area (Å²) in [6.07, 6.45) is 1.36. The SMILES string of the molecule is CCN1CCN(CC2CCNC2C)CC1C. The Labute approximate surface area is 100 Å². The van der Waals surface area contributed by atoms with Crippen LogP contribution in [0.5, 0.6) is 0 Å². The highest BCUT2D eigenvalue weighted by Crippen LogP contribution is 2.18. The first-order valence-electron chi connectivity index (χ1n) is 6.90. The first-order valence-corrected chi connectivity index (χ1v) is 6.90. The van der Waals surface area contributed by atoms with Crippen LogP contribution in [0.3, 0.4) is 0 Å². The Morgan fingerprint density at radius 1 is 1.25 bits per heavy atom. The Morgan fingerprint density at radius 3 is 2.62 bits per heavy atom. The molecule has 0 aromatic rings. The second kappa shape index (κ2) is 5.48. The molecule has 0 aromatic heterocycles. The van der Waals surface area contributed by atoms with Crippen LogP contribution in [-0.4, -0.2) is 61.2 Å². The predicted octanol–water partition coefficient (Wildman–Crippen LogP) is 1.01. The van der Waals surface area contributed by atoms with Gasteiger partial charge in [0.2, 0.25) is 0 Å². The van der Waals surface area contributed by atoms with Gasteiger partial charge < -0.3 is 10.2 Å². The van der Waals surface area contributed by atoms with Crippen LogP contribution in [0.4, 0.5) is 0 Å². The third-order valence-electron chi connectivity index (χ3n) is 4.44. The average Bonchev–Trinajstić information content (AvgIpc) is 2.65. The van der Waals surface area contributed by atoms with Crippen molar-refractivity contribution in [2.45, 2.75) is 39.3 Å². The van der Waals surface area contributed by atoms with Gasteiger partial charge in [-0.2, -0.15) is 0 Å². The van der Waals surface area contributed by atoms with E-state index in [-0.39, 0.29) is 0 Å². The highest BCUT2D eigenvalue weighted by Gasteiger charge is 2.28. The van der Waals surface area contributed by atoms with Crippen LogP contribution in [0, 0.1) is 5.92 Å². The van der Waals surface area contributed by atoms with Gasteiger partial charge in [0.15, 0.2) is 0 Å². The molecule has 2 aliphatic rings. The quantitative estimate of drug-likeness (QED) is 0.773. The minimum Gasteiger partial charge on any atom is -0.314 e. The summed E-state index contributed by atoms with van der Waals surface area (Å²) in [7, 11) is 0. The van der Waals surface area contributed by atoms with E-state index in [1.165, 1.54) is 45.7 Å². The molecule has 2 heterocycles. The predicted molar refractivity (Wildman–Crippen MR) is 68.7 cm³/mol. The number of likely N-dealkylation sites (N-methyl/N-ethyl adjacent to an activating group) is 1. The summed E-state index contributed by atoms with van der Waals surface area (Å²) >= 11 is 0. The minimum absolute atomic E-state index is 0.722. The monoisotopic (exact) mass is 225 g/mol. The van der Waals surface area contributed by atoms with E-state index in [0.29, 0.717) is 0 Å². The van der Waals surface area contributed by atoms with Crippen molar-refractivity contribution >= 4 is 0 Å². The van der Waals surface area contributed by atoms with Gasteiger partial charge in [-0.15, -0.1) is 0 Å². The van der Waals surface area contributed by atoms with E-state index in [0.717, 1.165) is 18.0 Å². The molecule has 2 saturated heterocycles. The summed E-state index contributed by atoms with van der Waals surface area (Å²) in [6.45, 7) is 14.5. The molecule has 3 atom stereocenters. The first-order chi connectivity index (χ1) is 7.70. The van der Waals surface area contributed by atoms with Crippen LogP contribution in [0.1, 0.15) is 27.2 Å². The summed E-state index contributed by atoms with van der Waals surface area (Å²) in [4.78, 5) is 5.26. The van der Waals surface area contributed by atoms with Crippen LogP contribution in [0.15, 0.2) is 0 Å². The second-order valence-corrected chi connectivity index (χ2v) is 5.53. The third kappa shape index (κ3) is 2.76. The molecule has 94 valence electrons. The highest BCUT2D eigenvalue weighted by atomic mass is 15.3. The standard InChI is InChI=1S/C13H27N3/c1-4-16-8-7-15(9-11(16)2)10-13-5-6-14-12(13)3/h11-14H,4-10H2,1-3H3. The fraction of sp³-hybridized carbons (Fsp3) is 1.00. The summed E-state index contributed by atoms with van der Waals surface area (Å²) in [6, 6.07) is 1.46. The molecule has 2 fully saturated rings. The lowest BCUT2D eigenvalue weighted by Crippen LogP contribution is -2.53. The second-order valence-electron chi connectivity index (χ2n) is 5.53. The minimum atomic E-state index is 0.722. The van der Waals surface area contributed by atoms with Gasteiger partial charge >= 0.3 is 0 Å². The van der Waals surface area contributed by atoms with E-state index in [9.17, 15) is 0 Å². The van der Waals surface area contributed by atoms with Crippen molar-refractivity contribution < 1.29 is 0 Å². The zero-order valence-electron chi connectivity index (χ0n) is 11.1. The van der Waals surface area contributed by atoms with Crippen LogP contribution < -0.4 is 5.32 Å². The molecular weight excluding hydrogens is 198 g/mol. The van der Waals surface area contributed by atoms with Gasteiger partial charge in [0, 0.05) is 38.3 Å². The Morgan fingerprint density at radius 2 is 2.06 bits per heavy atom. The van der Waals surface area contributed by atoms with Crippen molar-refractivity contribution in [3.63, 3.8) is 0 Å². The molecule has 0 aromatic carbocycles. The van der Waals surface area contributed by atoms with E-state index in [1.807, 2.05) is 0 Å². The normalized spacial score (nSPS) is 38.1. The van der Waals surface area contributed by atoms with Crippen molar-refractivity contribution in [3.8, 4) is 0 Å². The van der Waals surface area contributed by atoms with Crippen molar-refractivity contribution in [1.29, 1.82) is 0 Å². The maximum Gasteiger partial charge on any atom is 0.0195 e. The van der Waals surface area contributed by atoms with Crippen molar-refractivity contribution in [3.05, 3.63) is 0 Å². The zero-order valence-corrected chi connectivity index (χ0v) is 11.1. The summed E-state index contributed by atoms with van der Waals surface area (Å²) < 4.78 is 0. The lowest BCUT2D eigenvalue weighted by Gasteiger charge is -2.40. The van der Waals surface area contributed by atoms with E-state index in [1.54, 1.807) is 0 Å². The van der Waals surface area contributed by atoms with E-state index < -0.39 is 0 Å². The maximum absolute atomic E-state index is 3.55. The van der Waals surface area contributed by atoms with Crippen LogP contribution in [0.2, 0.25) is 0 Å². The molecule has 0 saturated carbocycles. The van der Waals surface area contributed by atoms with Crippen molar-refractivity contribution in [2.24, 2.45) is 5.92 Å². The van der Waals surface area contributed by atoms with Crippen molar-refractivity contribution in [2.75, 3.05) is 39.3 Å². The lowest BCUT2D eigenvalue weighted by molar-refractivity contribution is 0.0761. The molecule has 0 amide bonds. The Kier molecular flexibility index (Phi) is 4.22. The number of nitrogens with zero attached hydrogens (tertiary/aromatic N) is 2. The molecule has 2 aliphatic heterocycles. The largest absolute Gasteiger partial charge is 0.314 e. The Bertz CT molecular complexity index is 219. The summed E-state index contributed by atoms with van der Waals surface area (Å²) in [5.74, 6) is 0.875. The topological polar surface area (TPSA) is 18.5 Å². The Balaban J connectivity index is 1.79. The lowest BCUT2D eigenvalue weighted by atomic mass is 10.0. The van der Waals surface area contributed by atoms with Gasteiger partial charge in [-0.25, -0.2) is 0 Å². The molecule has 3 heteroatoms. The summed E-state index contributed by atoms with van der Waals surface area (Å²) in [5.41, 5.74) is 0. The number of nitrogens with one attached hydrogen (secondary N) is 1. The molecule has 0 aliphatic carbocycles. The molecule has 0 bridgehead atoms. The molecule has 0 spiro atoms. The van der Waals surface area contributed by atoms with Gasteiger partial charge in [-0.3, -0.25) is 4.90 Å². The third-order valence-corrected chi connectivity index (χ3v) is 4.44. The summed E-state index contributed by atoms with van der Waals surface area (Å²) in [5, 5.41) is 3.55. The van der Waals surface area contributed by atoms with Gasteiger partial charge in [-0.05, 0) is 39.3 Å². The molecule has 3 nitrogen and oxygen atoms in total. The van der Waals surface area contributed by atoms with E-state index >= 15 is 0 Å². The first kappa shape index (κ1) is 12.3. The van der Waals surface area contributed by atoms with Crippen LogP contribution in [0.25, 0.3) is 0 Å². The van der Waals surface area contributed by atoms with Crippen LogP contribution >= 0.6 is 0 Å². The number of hydrogen-bond donors (Lipinski definition) is 1. The number of piperazine rings is 1. The van der Waals surface area contributed by atoms with Gasteiger partial charge in [0.25, 0.3) is 0 Å². The highest BCUT2D eigenvalue weighted by molar-refractivity contribution is 4.85. The van der Waals surface area contributed by atoms with E-state index in [4.69, 9.17) is 0 Å². The zero-order chi connectivity index (χ0) is 11.5. The molecule has 1 N–H and O–H groups in total. The molecule has 0 radical (unpaired) electrons. The van der Waals surface area contributed by atoms with Gasteiger partial charge in [0.05, 0.1) is 0 Å².